The zero-order chi connectivity index (χ0) is 14.0. The van der Waals surface area contributed by atoms with E-state index in [4.69, 9.17) is 39.5 Å². The van der Waals surface area contributed by atoms with E-state index in [1.165, 1.54) is 4.88 Å². The summed E-state index contributed by atoms with van der Waals surface area (Å²) in [6, 6.07) is 3.40. The Hall–Kier alpha value is -0.480. The maximum atomic E-state index is 6.13. The number of rotatable bonds is 4. The Labute approximate surface area is 131 Å². The number of halogens is 3. The summed E-state index contributed by atoms with van der Waals surface area (Å²) < 4.78 is 5.74. The molecule has 0 saturated carbocycles. The van der Waals surface area contributed by atoms with Crippen molar-refractivity contribution in [2.75, 3.05) is 0 Å². The third kappa shape index (κ3) is 3.54. The highest BCUT2D eigenvalue weighted by atomic mass is 35.5. The number of ether oxygens (including phenoxy) is 1. The van der Waals surface area contributed by atoms with Crippen LogP contribution in [-0.2, 0) is 12.5 Å². The molecule has 0 amide bonds. The van der Waals surface area contributed by atoms with Gasteiger partial charge in [0.05, 0.1) is 16.6 Å². The van der Waals surface area contributed by atoms with Crippen LogP contribution in [0.25, 0.3) is 0 Å². The number of hydrogen-bond donors (Lipinski definition) is 0. The molecule has 0 atom stereocenters. The molecule has 2 nitrogen and oxygen atoms in total. The Morgan fingerprint density at radius 1 is 1.26 bits per heavy atom. The van der Waals surface area contributed by atoms with E-state index < -0.39 is 0 Å². The van der Waals surface area contributed by atoms with E-state index >= 15 is 0 Å². The lowest BCUT2D eigenvalue weighted by molar-refractivity contribution is 0.303. The average molecular weight is 337 g/mol. The molecule has 0 fully saturated rings. The van der Waals surface area contributed by atoms with Crippen LogP contribution in [-0.4, -0.2) is 4.98 Å². The van der Waals surface area contributed by atoms with E-state index in [1.54, 1.807) is 23.5 Å². The van der Waals surface area contributed by atoms with Crippen molar-refractivity contribution < 1.29 is 4.74 Å². The minimum Gasteiger partial charge on any atom is -0.485 e. The maximum absolute atomic E-state index is 6.13. The Morgan fingerprint density at radius 3 is 2.58 bits per heavy atom. The predicted molar refractivity (Wildman–Crippen MR) is 81.9 cm³/mol. The summed E-state index contributed by atoms with van der Waals surface area (Å²) in [5.74, 6) is 0.873. The number of aryl methyl sites for hydroxylation is 2. The van der Waals surface area contributed by atoms with Crippen molar-refractivity contribution in [1.82, 2.24) is 4.98 Å². The molecule has 2 rings (SSSR count). The van der Waals surface area contributed by atoms with E-state index in [-0.39, 0.29) is 0 Å². The first kappa shape index (κ1) is 14.9. The molecule has 0 aliphatic heterocycles. The molecule has 1 aromatic carbocycles. The fourth-order valence-corrected chi connectivity index (χ4v) is 3.25. The molecule has 6 heteroatoms. The number of nitrogens with zero attached hydrogens (tertiary/aromatic N) is 1. The highest BCUT2D eigenvalue weighted by Crippen LogP contribution is 2.34. The van der Waals surface area contributed by atoms with Gasteiger partial charge in [-0.25, -0.2) is 4.98 Å². The standard InChI is InChI=1S/C13H12Cl3NOS/c1-7-8(2)19-12(17-7)6-18-13-9(5-14)3-10(15)4-11(13)16/h3-4H,5-6H2,1-2H3. The molecule has 0 aliphatic carbocycles. The third-order valence-corrected chi connectivity index (χ3v) is 4.48. The van der Waals surface area contributed by atoms with Crippen molar-refractivity contribution in [2.24, 2.45) is 0 Å². The highest BCUT2D eigenvalue weighted by molar-refractivity contribution is 7.11. The van der Waals surface area contributed by atoms with Gasteiger partial charge in [-0.15, -0.1) is 22.9 Å². The van der Waals surface area contributed by atoms with E-state index in [9.17, 15) is 0 Å². The maximum Gasteiger partial charge on any atom is 0.143 e. The molecule has 1 aromatic heterocycles. The van der Waals surface area contributed by atoms with Crippen molar-refractivity contribution in [3.8, 4) is 5.75 Å². The summed E-state index contributed by atoms with van der Waals surface area (Å²) in [5, 5.41) is 1.93. The lowest BCUT2D eigenvalue weighted by atomic mass is 10.2. The van der Waals surface area contributed by atoms with Gasteiger partial charge in [0.1, 0.15) is 17.4 Å². The smallest absolute Gasteiger partial charge is 0.143 e. The van der Waals surface area contributed by atoms with Gasteiger partial charge in [-0.2, -0.15) is 0 Å². The first-order valence-electron chi connectivity index (χ1n) is 5.61. The zero-order valence-corrected chi connectivity index (χ0v) is 13.6. The van der Waals surface area contributed by atoms with Gasteiger partial charge in [0.25, 0.3) is 0 Å². The van der Waals surface area contributed by atoms with Crippen molar-refractivity contribution in [1.29, 1.82) is 0 Å². The Balaban J connectivity index is 2.19. The fourth-order valence-electron chi connectivity index (χ4n) is 1.61. The molecule has 0 saturated heterocycles. The lowest BCUT2D eigenvalue weighted by Crippen LogP contribution is -1.98. The summed E-state index contributed by atoms with van der Waals surface area (Å²) in [7, 11) is 0. The summed E-state index contributed by atoms with van der Waals surface area (Å²) >= 11 is 19.6. The lowest BCUT2D eigenvalue weighted by Gasteiger charge is -2.11. The van der Waals surface area contributed by atoms with Crippen LogP contribution in [0.3, 0.4) is 0 Å². The Morgan fingerprint density at radius 2 is 2.00 bits per heavy atom. The number of thiazole rings is 1. The minimum absolute atomic E-state index is 0.297. The molecular formula is C13H12Cl3NOS. The average Bonchev–Trinajstić information content (AvgIpc) is 2.66. The summed E-state index contributed by atoms with van der Waals surface area (Å²) in [5.41, 5.74) is 1.81. The monoisotopic (exact) mass is 335 g/mol. The van der Waals surface area contributed by atoms with E-state index in [2.05, 4.69) is 4.98 Å². The number of benzene rings is 1. The Kier molecular flexibility index (Phi) is 4.96. The van der Waals surface area contributed by atoms with Gasteiger partial charge < -0.3 is 4.74 Å². The van der Waals surface area contributed by atoms with Crippen molar-refractivity contribution in [3.63, 3.8) is 0 Å². The predicted octanol–water partition coefficient (Wildman–Crippen LogP) is 5.38. The molecule has 0 radical (unpaired) electrons. The largest absolute Gasteiger partial charge is 0.485 e. The zero-order valence-electron chi connectivity index (χ0n) is 10.5. The van der Waals surface area contributed by atoms with Crippen LogP contribution in [0, 0.1) is 13.8 Å². The van der Waals surface area contributed by atoms with Gasteiger partial charge in [0.15, 0.2) is 0 Å². The number of hydrogen-bond acceptors (Lipinski definition) is 3. The second-order valence-corrected chi connectivity index (χ2v) is 6.45. The molecule has 0 aliphatic rings. The quantitative estimate of drug-likeness (QED) is 0.699. The molecule has 1 heterocycles. The molecule has 2 aromatic rings. The minimum atomic E-state index is 0.297. The van der Waals surface area contributed by atoms with Crippen LogP contribution in [0.15, 0.2) is 12.1 Å². The molecule has 0 unspecified atom stereocenters. The molecule has 0 bridgehead atoms. The van der Waals surface area contributed by atoms with Gasteiger partial charge in [0.2, 0.25) is 0 Å². The SMILES string of the molecule is Cc1nc(COc2c(Cl)cc(Cl)cc2CCl)sc1C. The normalized spacial score (nSPS) is 10.8. The van der Waals surface area contributed by atoms with Crippen LogP contribution >= 0.6 is 46.1 Å². The molecule has 102 valence electrons. The van der Waals surface area contributed by atoms with Crippen LogP contribution in [0.1, 0.15) is 21.1 Å². The summed E-state index contributed by atoms with van der Waals surface area (Å²) in [4.78, 5) is 5.61. The number of aromatic nitrogens is 1. The van der Waals surface area contributed by atoms with Gasteiger partial charge in [-0.3, -0.25) is 0 Å². The van der Waals surface area contributed by atoms with E-state index in [0.717, 1.165) is 16.3 Å². The van der Waals surface area contributed by atoms with Crippen LogP contribution in [0.2, 0.25) is 10.0 Å². The van der Waals surface area contributed by atoms with Crippen molar-refractivity contribution in [3.05, 3.63) is 43.3 Å². The summed E-state index contributed by atoms with van der Waals surface area (Å²) in [6.07, 6.45) is 0. The highest BCUT2D eigenvalue weighted by Gasteiger charge is 2.12. The van der Waals surface area contributed by atoms with Gasteiger partial charge in [-0.05, 0) is 26.0 Å². The van der Waals surface area contributed by atoms with E-state index in [0.29, 0.717) is 28.3 Å². The second kappa shape index (κ2) is 6.31. The fraction of sp³-hybridized carbons (Fsp3) is 0.308. The number of alkyl halides is 1. The molecule has 0 N–H and O–H groups in total. The van der Waals surface area contributed by atoms with Gasteiger partial charge >= 0.3 is 0 Å². The van der Waals surface area contributed by atoms with Crippen LogP contribution < -0.4 is 4.74 Å². The van der Waals surface area contributed by atoms with Crippen LogP contribution in [0.4, 0.5) is 0 Å². The molecular weight excluding hydrogens is 325 g/mol. The summed E-state index contributed by atoms with van der Waals surface area (Å²) in [6.45, 7) is 4.40. The van der Waals surface area contributed by atoms with Gasteiger partial charge in [0, 0.05) is 15.5 Å². The second-order valence-electron chi connectivity index (χ2n) is 4.05. The molecule has 19 heavy (non-hydrogen) atoms. The first-order chi connectivity index (χ1) is 9.01. The van der Waals surface area contributed by atoms with Crippen molar-refractivity contribution in [2.45, 2.75) is 26.3 Å². The van der Waals surface area contributed by atoms with E-state index in [1.807, 2.05) is 13.8 Å². The van der Waals surface area contributed by atoms with Gasteiger partial charge in [-0.1, -0.05) is 23.2 Å². The molecule has 0 spiro atoms. The first-order valence-corrected chi connectivity index (χ1v) is 7.71. The third-order valence-electron chi connectivity index (χ3n) is 2.64. The topological polar surface area (TPSA) is 22.1 Å². The van der Waals surface area contributed by atoms with Crippen molar-refractivity contribution >= 4 is 46.1 Å². The Bertz CT molecular complexity index is 578. The van der Waals surface area contributed by atoms with Crippen LogP contribution in [0.5, 0.6) is 5.75 Å².